The lowest BCUT2D eigenvalue weighted by atomic mass is 9.81. The lowest BCUT2D eigenvalue weighted by Crippen LogP contribution is -2.53. The molecule has 0 atom stereocenters. The average molecular weight is 335 g/mol. The van der Waals surface area contributed by atoms with Gasteiger partial charge in [0.1, 0.15) is 5.54 Å². The van der Waals surface area contributed by atoms with E-state index in [9.17, 15) is 10.1 Å². The van der Waals surface area contributed by atoms with E-state index in [1.165, 1.54) is 6.42 Å². The van der Waals surface area contributed by atoms with Crippen LogP contribution in [-0.4, -0.2) is 60.6 Å². The second-order valence-electron chi connectivity index (χ2n) is 7.86. The molecule has 24 heavy (non-hydrogen) atoms. The predicted octanol–water partition coefficient (Wildman–Crippen LogP) is 2.81. The van der Waals surface area contributed by atoms with Crippen molar-refractivity contribution in [3.05, 3.63) is 0 Å². The number of nitriles is 1. The summed E-state index contributed by atoms with van der Waals surface area (Å²) in [5, 5.41) is 9.63. The Hall–Kier alpha value is -1.12. The van der Waals surface area contributed by atoms with Crippen LogP contribution >= 0.6 is 0 Å². The van der Waals surface area contributed by atoms with Crippen molar-refractivity contribution < 1.29 is 9.53 Å². The number of hydrogen-bond acceptors (Lipinski definition) is 4. The van der Waals surface area contributed by atoms with Gasteiger partial charge in [0, 0.05) is 26.7 Å². The third-order valence-corrected chi connectivity index (χ3v) is 5.46. The van der Waals surface area contributed by atoms with E-state index in [1.807, 2.05) is 7.05 Å². The van der Waals surface area contributed by atoms with Crippen molar-refractivity contribution in [1.82, 2.24) is 9.80 Å². The van der Waals surface area contributed by atoms with Crippen molar-refractivity contribution in [2.24, 2.45) is 5.92 Å². The van der Waals surface area contributed by atoms with Crippen molar-refractivity contribution in [1.29, 1.82) is 5.26 Å². The van der Waals surface area contributed by atoms with E-state index >= 15 is 0 Å². The van der Waals surface area contributed by atoms with Crippen LogP contribution in [0.25, 0.3) is 0 Å². The molecule has 2 fully saturated rings. The van der Waals surface area contributed by atoms with Crippen molar-refractivity contribution in [3.63, 3.8) is 0 Å². The number of carbonyl (C=O) groups is 1. The Morgan fingerprint density at radius 3 is 2.46 bits per heavy atom. The third-order valence-electron chi connectivity index (χ3n) is 5.46. The SMILES string of the molecule is CC(C)COC1CCN(CC(=O)N(C)C2(C#N)CCCCC2)CC1. The molecule has 0 spiro atoms. The highest BCUT2D eigenvalue weighted by Crippen LogP contribution is 2.32. The number of rotatable bonds is 6. The van der Waals surface area contributed by atoms with E-state index in [0.717, 1.165) is 58.2 Å². The standard InChI is InChI=1S/C19H33N3O2/c1-16(2)14-24-17-7-11-22(12-8-17)13-18(23)21(3)19(15-20)9-5-4-6-10-19/h16-17H,4-14H2,1-3H3. The van der Waals surface area contributed by atoms with Crippen LogP contribution in [-0.2, 0) is 9.53 Å². The summed E-state index contributed by atoms with van der Waals surface area (Å²) in [6.07, 6.45) is 7.22. The first-order valence-corrected chi connectivity index (χ1v) is 9.49. The van der Waals surface area contributed by atoms with Crippen LogP contribution in [0.2, 0.25) is 0 Å². The average Bonchev–Trinajstić information content (AvgIpc) is 2.61. The molecule has 1 aliphatic heterocycles. The van der Waals surface area contributed by atoms with Crippen LogP contribution in [0, 0.1) is 17.2 Å². The molecule has 0 aromatic heterocycles. The van der Waals surface area contributed by atoms with E-state index in [4.69, 9.17) is 4.74 Å². The number of piperidine rings is 1. The van der Waals surface area contributed by atoms with Crippen LogP contribution < -0.4 is 0 Å². The second kappa shape index (κ2) is 8.82. The van der Waals surface area contributed by atoms with Crippen LogP contribution in [0.1, 0.15) is 58.8 Å². The fourth-order valence-electron chi connectivity index (χ4n) is 3.76. The predicted molar refractivity (Wildman–Crippen MR) is 94.5 cm³/mol. The zero-order chi connectivity index (χ0) is 17.6. The summed E-state index contributed by atoms with van der Waals surface area (Å²) in [5.74, 6) is 0.649. The molecular weight excluding hydrogens is 302 g/mol. The minimum absolute atomic E-state index is 0.0833. The first-order chi connectivity index (χ1) is 11.5. The Morgan fingerprint density at radius 1 is 1.29 bits per heavy atom. The molecule has 0 unspecified atom stereocenters. The molecule has 0 N–H and O–H groups in total. The summed E-state index contributed by atoms with van der Waals surface area (Å²) in [6.45, 7) is 7.39. The molecule has 1 saturated carbocycles. The van der Waals surface area contributed by atoms with Crippen molar-refractivity contribution >= 4 is 5.91 Å². The molecule has 0 bridgehead atoms. The highest BCUT2D eigenvalue weighted by molar-refractivity contribution is 5.79. The molecular formula is C19H33N3O2. The number of carbonyl (C=O) groups excluding carboxylic acids is 1. The van der Waals surface area contributed by atoms with Gasteiger partial charge in [-0.2, -0.15) is 5.26 Å². The monoisotopic (exact) mass is 335 g/mol. The number of likely N-dealkylation sites (tertiary alicyclic amines) is 1. The van der Waals surface area contributed by atoms with Crippen molar-refractivity contribution in [2.75, 3.05) is 33.3 Å². The van der Waals surface area contributed by atoms with Gasteiger partial charge in [-0.05, 0) is 31.6 Å². The maximum atomic E-state index is 12.7. The summed E-state index contributed by atoms with van der Waals surface area (Å²) in [5.41, 5.74) is -0.575. The van der Waals surface area contributed by atoms with Crippen LogP contribution in [0.4, 0.5) is 0 Å². The van der Waals surface area contributed by atoms with E-state index in [0.29, 0.717) is 18.6 Å². The number of likely N-dealkylation sites (N-methyl/N-ethyl adjacent to an activating group) is 1. The van der Waals surface area contributed by atoms with Gasteiger partial charge in [0.15, 0.2) is 0 Å². The molecule has 5 heteroatoms. The molecule has 2 aliphatic rings. The number of ether oxygens (including phenoxy) is 1. The Kier molecular flexibility index (Phi) is 7.06. The Balaban J connectivity index is 1.79. The maximum absolute atomic E-state index is 12.7. The molecule has 5 nitrogen and oxygen atoms in total. The fourth-order valence-corrected chi connectivity index (χ4v) is 3.76. The van der Waals surface area contributed by atoms with Gasteiger partial charge in [-0.25, -0.2) is 0 Å². The minimum Gasteiger partial charge on any atom is -0.378 e. The lowest BCUT2D eigenvalue weighted by Gasteiger charge is -2.40. The summed E-state index contributed by atoms with van der Waals surface area (Å²) < 4.78 is 5.91. The summed E-state index contributed by atoms with van der Waals surface area (Å²) in [6, 6.07) is 2.44. The summed E-state index contributed by atoms with van der Waals surface area (Å²) in [7, 11) is 1.81. The van der Waals surface area contributed by atoms with Gasteiger partial charge in [-0.1, -0.05) is 33.1 Å². The van der Waals surface area contributed by atoms with E-state index in [1.54, 1.807) is 4.90 Å². The number of hydrogen-bond donors (Lipinski definition) is 0. The zero-order valence-electron chi connectivity index (χ0n) is 15.6. The van der Waals surface area contributed by atoms with Gasteiger partial charge in [0.25, 0.3) is 0 Å². The number of nitrogens with zero attached hydrogens (tertiary/aromatic N) is 3. The largest absolute Gasteiger partial charge is 0.378 e. The van der Waals surface area contributed by atoms with Crippen molar-refractivity contribution in [3.8, 4) is 6.07 Å². The first kappa shape index (κ1) is 19.2. The molecule has 2 rings (SSSR count). The van der Waals surface area contributed by atoms with Gasteiger partial charge in [0.05, 0.1) is 18.7 Å². The fraction of sp³-hybridized carbons (Fsp3) is 0.895. The molecule has 136 valence electrons. The smallest absolute Gasteiger partial charge is 0.237 e. The highest BCUT2D eigenvalue weighted by atomic mass is 16.5. The van der Waals surface area contributed by atoms with Gasteiger partial charge in [-0.3, -0.25) is 9.69 Å². The van der Waals surface area contributed by atoms with E-state index in [2.05, 4.69) is 24.8 Å². The summed E-state index contributed by atoms with van der Waals surface area (Å²) in [4.78, 5) is 16.6. The molecule has 0 aromatic carbocycles. The molecule has 1 aliphatic carbocycles. The quantitative estimate of drug-likeness (QED) is 0.749. The second-order valence-corrected chi connectivity index (χ2v) is 7.86. The molecule has 1 saturated heterocycles. The number of amides is 1. The topological polar surface area (TPSA) is 56.6 Å². The third kappa shape index (κ3) is 4.94. The van der Waals surface area contributed by atoms with Gasteiger partial charge in [0.2, 0.25) is 5.91 Å². The highest BCUT2D eigenvalue weighted by Gasteiger charge is 2.39. The van der Waals surface area contributed by atoms with Crippen LogP contribution in [0.5, 0.6) is 0 Å². The van der Waals surface area contributed by atoms with Crippen molar-refractivity contribution in [2.45, 2.75) is 70.4 Å². The van der Waals surface area contributed by atoms with Gasteiger partial charge < -0.3 is 9.64 Å². The Morgan fingerprint density at radius 2 is 1.92 bits per heavy atom. The minimum atomic E-state index is -0.575. The zero-order valence-corrected chi connectivity index (χ0v) is 15.6. The molecule has 1 amide bonds. The van der Waals surface area contributed by atoms with Gasteiger partial charge >= 0.3 is 0 Å². The molecule has 0 aromatic rings. The normalized spacial score (nSPS) is 22.3. The lowest BCUT2D eigenvalue weighted by molar-refractivity contribution is -0.136. The summed E-state index contributed by atoms with van der Waals surface area (Å²) >= 11 is 0. The maximum Gasteiger partial charge on any atom is 0.237 e. The van der Waals surface area contributed by atoms with E-state index < -0.39 is 5.54 Å². The van der Waals surface area contributed by atoms with Gasteiger partial charge in [-0.15, -0.1) is 0 Å². The Labute approximate surface area is 146 Å². The molecule has 0 radical (unpaired) electrons. The Bertz CT molecular complexity index is 444. The van der Waals surface area contributed by atoms with E-state index in [-0.39, 0.29) is 5.91 Å². The van der Waals surface area contributed by atoms with Crippen LogP contribution in [0.3, 0.4) is 0 Å². The van der Waals surface area contributed by atoms with Crippen LogP contribution in [0.15, 0.2) is 0 Å². The molecule has 1 heterocycles. The first-order valence-electron chi connectivity index (χ1n) is 9.49.